The first-order valence-electron chi connectivity index (χ1n) is 9.84. The third-order valence-electron chi connectivity index (χ3n) is 5.28. The quantitative estimate of drug-likeness (QED) is 0.622. The van der Waals surface area contributed by atoms with Gasteiger partial charge in [-0.15, -0.1) is 0 Å². The number of amides is 1. The molecule has 0 bridgehead atoms. The van der Waals surface area contributed by atoms with Gasteiger partial charge in [0, 0.05) is 11.3 Å². The number of aryl methyl sites for hydroxylation is 1. The number of anilines is 1. The predicted octanol–water partition coefficient (Wildman–Crippen LogP) is 3.05. The molecule has 0 radical (unpaired) electrons. The molecule has 3 aromatic rings. The highest BCUT2D eigenvalue weighted by Crippen LogP contribution is 2.30. The standard InChI is InChI=1S/C20H24N4O4S2/c1-4-28-15-5-6-17-18(9-15)29-20(21-17)22-19(25)10-16-12(2)23-24(13(16)3)14-7-8-30(26,27)11-14/h5-6,9,14H,4,7-8,10-11H2,1-3H3,(H,21,22,25). The summed E-state index contributed by atoms with van der Waals surface area (Å²) in [4.78, 5) is 17.1. The Morgan fingerprint density at radius 2 is 2.17 bits per heavy atom. The van der Waals surface area contributed by atoms with Gasteiger partial charge >= 0.3 is 0 Å². The van der Waals surface area contributed by atoms with Crippen molar-refractivity contribution < 1.29 is 17.9 Å². The minimum atomic E-state index is -3.00. The van der Waals surface area contributed by atoms with E-state index >= 15 is 0 Å². The van der Waals surface area contributed by atoms with Gasteiger partial charge in [0.25, 0.3) is 0 Å². The fourth-order valence-corrected chi connectivity index (χ4v) is 6.42. The van der Waals surface area contributed by atoms with Gasteiger partial charge in [0.1, 0.15) is 5.75 Å². The molecule has 0 saturated carbocycles. The van der Waals surface area contributed by atoms with E-state index in [0.29, 0.717) is 18.2 Å². The minimum absolute atomic E-state index is 0.107. The second kappa shape index (κ2) is 7.99. The van der Waals surface area contributed by atoms with Crippen LogP contribution in [0.25, 0.3) is 10.2 Å². The topological polar surface area (TPSA) is 103 Å². The normalized spacial score (nSPS) is 18.0. The summed E-state index contributed by atoms with van der Waals surface area (Å²) in [5, 5.41) is 7.93. The predicted molar refractivity (Wildman–Crippen MR) is 117 cm³/mol. The smallest absolute Gasteiger partial charge is 0.230 e. The van der Waals surface area contributed by atoms with Crippen LogP contribution in [0, 0.1) is 13.8 Å². The molecule has 1 aliphatic rings. The molecule has 1 aliphatic heterocycles. The number of ether oxygens (including phenoxy) is 1. The van der Waals surface area contributed by atoms with E-state index in [1.54, 1.807) is 4.68 Å². The van der Waals surface area contributed by atoms with Gasteiger partial charge in [-0.05, 0) is 45.4 Å². The number of benzene rings is 1. The molecule has 160 valence electrons. The average molecular weight is 449 g/mol. The summed E-state index contributed by atoms with van der Waals surface area (Å²) in [5.41, 5.74) is 3.23. The van der Waals surface area contributed by atoms with Gasteiger partial charge in [0.15, 0.2) is 15.0 Å². The van der Waals surface area contributed by atoms with Gasteiger partial charge in [-0.2, -0.15) is 5.10 Å². The number of aromatic nitrogens is 3. The van der Waals surface area contributed by atoms with Crippen LogP contribution in [0.3, 0.4) is 0 Å². The molecule has 1 unspecified atom stereocenters. The lowest BCUT2D eigenvalue weighted by molar-refractivity contribution is -0.115. The first kappa shape index (κ1) is 20.8. The Morgan fingerprint density at radius 1 is 1.37 bits per heavy atom. The lowest BCUT2D eigenvalue weighted by atomic mass is 10.1. The second-order valence-electron chi connectivity index (χ2n) is 7.46. The number of thiazole rings is 1. The molecule has 10 heteroatoms. The summed E-state index contributed by atoms with van der Waals surface area (Å²) in [5.74, 6) is 0.896. The molecule has 8 nitrogen and oxygen atoms in total. The molecule has 2 aromatic heterocycles. The zero-order valence-corrected chi connectivity index (χ0v) is 18.8. The van der Waals surface area contributed by atoms with Crippen molar-refractivity contribution in [3.05, 3.63) is 35.2 Å². The molecule has 1 fully saturated rings. The highest BCUT2D eigenvalue weighted by atomic mass is 32.2. The molecule has 4 rings (SSSR count). The van der Waals surface area contributed by atoms with Gasteiger partial charge in [-0.25, -0.2) is 13.4 Å². The van der Waals surface area contributed by atoms with E-state index < -0.39 is 9.84 Å². The summed E-state index contributed by atoms with van der Waals surface area (Å²) < 4.78 is 31.8. The Kier molecular flexibility index (Phi) is 5.54. The van der Waals surface area contributed by atoms with Crippen molar-refractivity contribution in [1.82, 2.24) is 14.8 Å². The Morgan fingerprint density at radius 3 is 2.87 bits per heavy atom. The number of hydrogen-bond donors (Lipinski definition) is 1. The molecule has 1 amide bonds. The van der Waals surface area contributed by atoms with E-state index in [1.165, 1.54) is 11.3 Å². The third-order valence-corrected chi connectivity index (χ3v) is 7.97. The summed E-state index contributed by atoms with van der Waals surface area (Å²) in [6.45, 7) is 6.26. The fraction of sp³-hybridized carbons (Fsp3) is 0.450. The van der Waals surface area contributed by atoms with Crippen molar-refractivity contribution in [2.24, 2.45) is 0 Å². The van der Waals surface area contributed by atoms with Crippen molar-refractivity contribution >= 4 is 42.4 Å². The molecule has 1 saturated heterocycles. The van der Waals surface area contributed by atoms with Crippen molar-refractivity contribution in [3.63, 3.8) is 0 Å². The van der Waals surface area contributed by atoms with Gasteiger partial charge in [-0.1, -0.05) is 11.3 Å². The third kappa shape index (κ3) is 4.20. The molecule has 3 heterocycles. The highest BCUT2D eigenvalue weighted by molar-refractivity contribution is 7.91. The highest BCUT2D eigenvalue weighted by Gasteiger charge is 2.31. The number of sulfone groups is 1. The average Bonchev–Trinajstić information content (AvgIpc) is 3.32. The molecular formula is C20H24N4O4S2. The number of nitrogens with one attached hydrogen (secondary N) is 1. The van der Waals surface area contributed by atoms with Crippen molar-refractivity contribution in [2.45, 2.75) is 39.7 Å². The first-order valence-corrected chi connectivity index (χ1v) is 12.5. The Balaban J connectivity index is 1.48. The summed E-state index contributed by atoms with van der Waals surface area (Å²) in [6, 6.07) is 5.50. The van der Waals surface area contributed by atoms with E-state index in [9.17, 15) is 13.2 Å². The monoisotopic (exact) mass is 448 g/mol. The van der Waals surface area contributed by atoms with Crippen LogP contribution in [-0.4, -0.2) is 47.2 Å². The van der Waals surface area contributed by atoms with E-state index in [4.69, 9.17) is 4.74 Å². The van der Waals surface area contributed by atoms with Crippen molar-refractivity contribution in [2.75, 3.05) is 23.4 Å². The van der Waals surface area contributed by atoms with Crippen LogP contribution >= 0.6 is 11.3 Å². The molecule has 0 spiro atoms. The lowest BCUT2D eigenvalue weighted by Gasteiger charge is -2.11. The first-order chi connectivity index (χ1) is 14.3. The molecule has 30 heavy (non-hydrogen) atoms. The van der Waals surface area contributed by atoms with Crippen LogP contribution in [0.1, 0.15) is 36.3 Å². The number of fused-ring (bicyclic) bond motifs is 1. The van der Waals surface area contributed by atoms with E-state index in [2.05, 4.69) is 15.4 Å². The van der Waals surface area contributed by atoms with Gasteiger partial charge in [0.05, 0.1) is 46.5 Å². The van der Waals surface area contributed by atoms with E-state index in [-0.39, 0.29) is 29.9 Å². The summed E-state index contributed by atoms with van der Waals surface area (Å²) >= 11 is 1.40. The fourth-order valence-electron chi connectivity index (χ4n) is 3.82. The number of nitrogens with zero attached hydrogens (tertiary/aromatic N) is 3. The SMILES string of the molecule is CCOc1ccc2nc(NC(=O)Cc3c(C)nn(C4CCS(=O)(=O)C4)c3C)sc2c1. The largest absolute Gasteiger partial charge is 0.494 e. The number of hydrogen-bond acceptors (Lipinski definition) is 7. The molecule has 1 N–H and O–H groups in total. The van der Waals surface area contributed by atoms with Gasteiger partial charge in [0.2, 0.25) is 5.91 Å². The molecule has 1 aromatic carbocycles. The van der Waals surface area contributed by atoms with Crippen LogP contribution in [0.4, 0.5) is 5.13 Å². The van der Waals surface area contributed by atoms with Crippen LogP contribution in [0.5, 0.6) is 5.75 Å². The zero-order chi connectivity index (χ0) is 21.5. The Hall–Kier alpha value is -2.46. The van der Waals surface area contributed by atoms with Crippen molar-refractivity contribution in [1.29, 1.82) is 0 Å². The Bertz CT molecular complexity index is 1210. The van der Waals surface area contributed by atoms with Crippen LogP contribution < -0.4 is 10.1 Å². The summed E-state index contributed by atoms with van der Waals surface area (Å²) in [6.07, 6.45) is 0.725. The maximum absolute atomic E-state index is 12.7. The zero-order valence-electron chi connectivity index (χ0n) is 17.1. The lowest BCUT2D eigenvalue weighted by Crippen LogP contribution is -2.16. The maximum Gasteiger partial charge on any atom is 0.230 e. The molecular weight excluding hydrogens is 424 g/mol. The van der Waals surface area contributed by atoms with Crippen LogP contribution in [0.2, 0.25) is 0 Å². The number of rotatable bonds is 6. The minimum Gasteiger partial charge on any atom is -0.494 e. The van der Waals surface area contributed by atoms with E-state index in [1.807, 2.05) is 39.0 Å². The number of carbonyl (C=O) groups is 1. The number of carbonyl (C=O) groups excluding carboxylic acids is 1. The maximum atomic E-state index is 12.7. The van der Waals surface area contributed by atoms with Crippen molar-refractivity contribution in [3.8, 4) is 5.75 Å². The van der Waals surface area contributed by atoms with Crippen LogP contribution in [-0.2, 0) is 21.1 Å². The van der Waals surface area contributed by atoms with Gasteiger partial charge in [-0.3, -0.25) is 9.48 Å². The van der Waals surface area contributed by atoms with Crippen LogP contribution in [0.15, 0.2) is 18.2 Å². The molecule has 1 atom stereocenters. The Labute approximate surface area is 179 Å². The summed E-state index contributed by atoms with van der Waals surface area (Å²) in [7, 11) is -3.00. The van der Waals surface area contributed by atoms with E-state index in [0.717, 1.165) is 32.9 Å². The molecule has 0 aliphatic carbocycles. The second-order valence-corrected chi connectivity index (χ2v) is 10.7. The van der Waals surface area contributed by atoms with Gasteiger partial charge < -0.3 is 10.1 Å².